The molecule has 0 atom stereocenters. The maximum absolute atomic E-state index is 13.2. The summed E-state index contributed by atoms with van der Waals surface area (Å²) in [5, 5.41) is 0. The number of hydrogen-bond donors (Lipinski definition) is 1. The molecule has 0 saturated heterocycles. The quantitative estimate of drug-likeness (QED) is 0.667. The van der Waals surface area contributed by atoms with Gasteiger partial charge >= 0.3 is 0 Å². The normalized spacial score (nSPS) is 10.2. The number of hydrogen-bond acceptors (Lipinski definition) is 3. The van der Waals surface area contributed by atoms with Crippen LogP contribution in [0, 0.1) is 11.6 Å². The van der Waals surface area contributed by atoms with Gasteiger partial charge in [-0.15, -0.1) is 0 Å². The second-order valence-electron chi connectivity index (χ2n) is 3.81. The molecule has 0 spiro atoms. The number of rotatable bonds is 5. The van der Waals surface area contributed by atoms with E-state index in [4.69, 9.17) is 15.2 Å². The highest BCUT2D eigenvalue weighted by atomic mass is 19.1. The Morgan fingerprint density at radius 2 is 1.58 bits per heavy atom. The van der Waals surface area contributed by atoms with Crippen LogP contribution >= 0.6 is 0 Å². The third kappa shape index (κ3) is 3.58. The van der Waals surface area contributed by atoms with Gasteiger partial charge in [-0.1, -0.05) is 12.1 Å². The standard InChI is InChI=1S/C14H13F2NO2/c15-10-5-6-11(16)14(9-10)19-8-7-18-13-4-2-1-3-12(13)17/h1-6,9H,7-8,17H2. The summed E-state index contributed by atoms with van der Waals surface area (Å²) >= 11 is 0. The molecule has 0 radical (unpaired) electrons. The molecule has 0 aliphatic heterocycles. The van der Waals surface area contributed by atoms with Gasteiger partial charge in [0.2, 0.25) is 0 Å². The molecule has 0 aromatic heterocycles. The number of halogens is 2. The van der Waals surface area contributed by atoms with Crippen LogP contribution in [0.5, 0.6) is 11.5 Å². The van der Waals surface area contributed by atoms with Crippen molar-refractivity contribution in [2.75, 3.05) is 18.9 Å². The Kier molecular flexibility index (Phi) is 4.18. The van der Waals surface area contributed by atoms with E-state index >= 15 is 0 Å². The summed E-state index contributed by atoms with van der Waals surface area (Å²) in [6.07, 6.45) is 0. The van der Waals surface area contributed by atoms with Gasteiger partial charge in [-0.25, -0.2) is 8.78 Å². The molecule has 5 heteroatoms. The van der Waals surface area contributed by atoms with Gasteiger partial charge in [-0.05, 0) is 24.3 Å². The molecule has 2 rings (SSSR count). The first kappa shape index (κ1) is 13.1. The average Bonchev–Trinajstić information content (AvgIpc) is 2.40. The second-order valence-corrected chi connectivity index (χ2v) is 3.81. The molecule has 0 saturated carbocycles. The van der Waals surface area contributed by atoms with E-state index in [9.17, 15) is 8.78 Å². The molecule has 19 heavy (non-hydrogen) atoms. The predicted molar refractivity (Wildman–Crippen MR) is 68.2 cm³/mol. The molecular formula is C14H13F2NO2. The molecule has 2 aromatic carbocycles. The van der Waals surface area contributed by atoms with E-state index in [-0.39, 0.29) is 19.0 Å². The van der Waals surface area contributed by atoms with E-state index < -0.39 is 11.6 Å². The van der Waals surface area contributed by atoms with Crippen LogP contribution in [-0.2, 0) is 0 Å². The molecule has 0 aliphatic carbocycles. The summed E-state index contributed by atoms with van der Waals surface area (Å²) in [6, 6.07) is 10.1. The first-order chi connectivity index (χ1) is 9.16. The van der Waals surface area contributed by atoms with Crippen molar-refractivity contribution in [3.8, 4) is 11.5 Å². The van der Waals surface area contributed by atoms with Crippen molar-refractivity contribution in [1.29, 1.82) is 0 Å². The highest BCUT2D eigenvalue weighted by Crippen LogP contribution is 2.20. The van der Waals surface area contributed by atoms with E-state index in [1.807, 2.05) is 0 Å². The van der Waals surface area contributed by atoms with Crippen LogP contribution in [0.25, 0.3) is 0 Å². The van der Waals surface area contributed by atoms with Crippen molar-refractivity contribution in [3.05, 3.63) is 54.1 Å². The van der Waals surface area contributed by atoms with Gasteiger partial charge in [-0.2, -0.15) is 0 Å². The summed E-state index contributed by atoms with van der Waals surface area (Å²) in [5.41, 5.74) is 6.20. The summed E-state index contributed by atoms with van der Waals surface area (Å²) in [5.74, 6) is -0.763. The van der Waals surface area contributed by atoms with Crippen molar-refractivity contribution in [2.24, 2.45) is 0 Å². The third-order valence-electron chi connectivity index (χ3n) is 2.41. The highest BCUT2D eigenvalue weighted by molar-refractivity contribution is 5.51. The predicted octanol–water partition coefficient (Wildman–Crippen LogP) is 3.00. The van der Waals surface area contributed by atoms with Gasteiger partial charge < -0.3 is 15.2 Å². The molecule has 0 amide bonds. The van der Waals surface area contributed by atoms with Gasteiger partial charge in [0.05, 0.1) is 5.69 Å². The van der Waals surface area contributed by atoms with E-state index in [0.29, 0.717) is 11.4 Å². The third-order valence-corrected chi connectivity index (χ3v) is 2.41. The zero-order valence-corrected chi connectivity index (χ0v) is 10.1. The number of para-hydroxylation sites is 2. The number of anilines is 1. The van der Waals surface area contributed by atoms with Gasteiger partial charge in [0.25, 0.3) is 0 Å². The van der Waals surface area contributed by atoms with Crippen LogP contribution in [0.3, 0.4) is 0 Å². The molecule has 2 aromatic rings. The van der Waals surface area contributed by atoms with Crippen LogP contribution < -0.4 is 15.2 Å². The molecule has 0 fully saturated rings. The number of ether oxygens (including phenoxy) is 2. The first-order valence-electron chi connectivity index (χ1n) is 5.72. The largest absolute Gasteiger partial charge is 0.488 e. The number of nitrogen functional groups attached to an aromatic ring is 1. The van der Waals surface area contributed by atoms with Gasteiger partial charge in [0.15, 0.2) is 11.6 Å². The smallest absolute Gasteiger partial charge is 0.165 e. The summed E-state index contributed by atoms with van der Waals surface area (Å²) in [6.45, 7) is 0.277. The summed E-state index contributed by atoms with van der Waals surface area (Å²) in [7, 11) is 0. The Morgan fingerprint density at radius 1 is 0.895 bits per heavy atom. The lowest BCUT2D eigenvalue weighted by molar-refractivity contribution is 0.211. The van der Waals surface area contributed by atoms with Crippen molar-refractivity contribution in [1.82, 2.24) is 0 Å². The molecule has 0 unspecified atom stereocenters. The van der Waals surface area contributed by atoms with E-state index in [0.717, 1.165) is 18.2 Å². The van der Waals surface area contributed by atoms with Crippen molar-refractivity contribution >= 4 is 5.69 Å². The van der Waals surface area contributed by atoms with Gasteiger partial charge in [0.1, 0.15) is 24.8 Å². The average molecular weight is 265 g/mol. The van der Waals surface area contributed by atoms with Gasteiger partial charge in [0, 0.05) is 6.07 Å². The molecular weight excluding hydrogens is 252 g/mol. The van der Waals surface area contributed by atoms with E-state index in [1.165, 1.54) is 0 Å². The summed E-state index contributed by atoms with van der Waals surface area (Å²) in [4.78, 5) is 0. The van der Waals surface area contributed by atoms with E-state index in [2.05, 4.69) is 0 Å². The zero-order valence-electron chi connectivity index (χ0n) is 10.1. The Bertz CT molecular complexity index is 561. The first-order valence-corrected chi connectivity index (χ1v) is 5.72. The second kappa shape index (κ2) is 6.04. The molecule has 0 aliphatic rings. The number of nitrogens with two attached hydrogens (primary N) is 1. The highest BCUT2D eigenvalue weighted by Gasteiger charge is 2.05. The maximum atomic E-state index is 13.2. The lowest BCUT2D eigenvalue weighted by Gasteiger charge is -2.10. The minimum absolute atomic E-state index is 0.0920. The fourth-order valence-electron chi connectivity index (χ4n) is 1.50. The zero-order chi connectivity index (χ0) is 13.7. The molecule has 2 N–H and O–H groups in total. The Morgan fingerprint density at radius 3 is 2.32 bits per heavy atom. The summed E-state index contributed by atoms with van der Waals surface area (Å²) < 4.78 is 36.6. The minimum atomic E-state index is -0.611. The Labute approximate surface area is 109 Å². The fraction of sp³-hybridized carbons (Fsp3) is 0.143. The van der Waals surface area contributed by atoms with Crippen LogP contribution in [0.15, 0.2) is 42.5 Å². The van der Waals surface area contributed by atoms with Crippen molar-refractivity contribution in [2.45, 2.75) is 0 Å². The maximum Gasteiger partial charge on any atom is 0.165 e. The molecule has 100 valence electrons. The van der Waals surface area contributed by atoms with Crippen LogP contribution in [0.4, 0.5) is 14.5 Å². The van der Waals surface area contributed by atoms with Crippen LogP contribution in [0.2, 0.25) is 0 Å². The van der Waals surface area contributed by atoms with Crippen LogP contribution in [0.1, 0.15) is 0 Å². The lowest BCUT2D eigenvalue weighted by Crippen LogP contribution is -2.10. The van der Waals surface area contributed by atoms with Crippen molar-refractivity contribution in [3.63, 3.8) is 0 Å². The molecule has 0 bridgehead atoms. The van der Waals surface area contributed by atoms with Gasteiger partial charge in [-0.3, -0.25) is 0 Å². The minimum Gasteiger partial charge on any atom is -0.488 e. The molecule has 3 nitrogen and oxygen atoms in total. The topological polar surface area (TPSA) is 44.5 Å². The molecule has 0 heterocycles. The SMILES string of the molecule is Nc1ccccc1OCCOc1cc(F)ccc1F. The monoisotopic (exact) mass is 265 g/mol. The van der Waals surface area contributed by atoms with E-state index in [1.54, 1.807) is 24.3 Å². The fourth-order valence-corrected chi connectivity index (χ4v) is 1.50. The van der Waals surface area contributed by atoms with Crippen LogP contribution in [-0.4, -0.2) is 13.2 Å². The lowest BCUT2D eigenvalue weighted by atomic mass is 10.3. The Balaban J connectivity index is 1.84. The Hall–Kier alpha value is -2.30. The number of benzene rings is 2. The van der Waals surface area contributed by atoms with Crippen molar-refractivity contribution < 1.29 is 18.3 Å².